The fraction of sp³-hybridized carbons (Fsp3) is 0.400. The van der Waals surface area contributed by atoms with Gasteiger partial charge in [0.05, 0.1) is 5.02 Å². The van der Waals surface area contributed by atoms with Crippen LogP contribution in [0.1, 0.15) is 12.0 Å². The fourth-order valence-electron chi connectivity index (χ4n) is 1.29. The van der Waals surface area contributed by atoms with E-state index in [-0.39, 0.29) is 0 Å². The van der Waals surface area contributed by atoms with Gasteiger partial charge in [-0.15, -0.1) is 0 Å². The van der Waals surface area contributed by atoms with Gasteiger partial charge in [0, 0.05) is 12.4 Å². The van der Waals surface area contributed by atoms with Crippen LogP contribution in [0.3, 0.4) is 0 Å². The molecule has 1 atom stereocenters. The van der Waals surface area contributed by atoms with Gasteiger partial charge < -0.3 is 10.4 Å². The van der Waals surface area contributed by atoms with Gasteiger partial charge in [0.2, 0.25) is 0 Å². The molecule has 0 radical (unpaired) electrons. The Morgan fingerprint density at radius 3 is 2.93 bits per heavy atom. The zero-order valence-electron chi connectivity index (χ0n) is 8.40. The average Bonchev–Trinajstić information content (AvgIpc) is 2.18. The number of hydrogen-bond donors (Lipinski definition) is 2. The summed E-state index contributed by atoms with van der Waals surface area (Å²) in [7, 11) is 1.63. The molecular formula is C10H13ClN2O2. The summed E-state index contributed by atoms with van der Waals surface area (Å²) in [6, 6.07) is 1.27. The lowest BCUT2D eigenvalue weighted by molar-refractivity contribution is -0.139. The number of rotatable bonds is 5. The maximum atomic E-state index is 10.7. The molecule has 0 saturated carbocycles. The van der Waals surface area contributed by atoms with Gasteiger partial charge in [-0.2, -0.15) is 0 Å². The average molecular weight is 229 g/mol. The first kappa shape index (κ1) is 11.9. The summed E-state index contributed by atoms with van der Waals surface area (Å²) in [5.41, 5.74) is 0.948. The van der Waals surface area contributed by atoms with Gasteiger partial charge in [0.15, 0.2) is 0 Å². The molecule has 4 nitrogen and oxygen atoms in total. The maximum Gasteiger partial charge on any atom is 0.320 e. The van der Waals surface area contributed by atoms with Crippen LogP contribution in [0.15, 0.2) is 18.5 Å². The van der Waals surface area contributed by atoms with Gasteiger partial charge in [-0.05, 0) is 31.5 Å². The van der Waals surface area contributed by atoms with Crippen molar-refractivity contribution in [3.8, 4) is 0 Å². The summed E-state index contributed by atoms with van der Waals surface area (Å²) < 4.78 is 0. The van der Waals surface area contributed by atoms with Gasteiger partial charge >= 0.3 is 5.97 Å². The number of halogens is 1. The normalized spacial score (nSPS) is 12.4. The van der Waals surface area contributed by atoms with Crippen LogP contribution in [-0.4, -0.2) is 29.1 Å². The number of hydrogen-bond acceptors (Lipinski definition) is 3. The van der Waals surface area contributed by atoms with E-state index in [2.05, 4.69) is 10.3 Å². The highest BCUT2D eigenvalue weighted by Gasteiger charge is 2.14. The van der Waals surface area contributed by atoms with Crippen molar-refractivity contribution >= 4 is 17.6 Å². The first-order valence-corrected chi connectivity index (χ1v) is 5.00. The number of carboxylic acids is 1. The largest absolute Gasteiger partial charge is 0.480 e. The van der Waals surface area contributed by atoms with Crippen molar-refractivity contribution in [2.24, 2.45) is 0 Å². The standard InChI is InChI=1S/C10H13ClN2O2/c1-12-9(10(14)15)3-2-7-4-8(11)6-13-5-7/h4-6,9,12H,2-3H2,1H3,(H,14,15). The quantitative estimate of drug-likeness (QED) is 0.799. The second kappa shape index (κ2) is 5.68. The molecule has 82 valence electrons. The summed E-state index contributed by atoms with van der Waals surface area (Å²) in [4.78, 5) is 14.6. The number of nitrogens with one attached hydrogen (secondary N) is 1. The molecule has 1 aromatic rings. The van der Waals surface area contributed by atoms with Crippen molar-refractivity contribution in [1.82, 2.24) is 10.3 Å². The fourth-order valence-corrected chi connectivity index (χ4v) is 1.49. The molecule has 1 rings (SSSR count). The third-order valence-electron chi connectivity index (χ3n) is 2.13. The number of nitrogens with zero attached hydrogens (tertiary/aromatic N) is 1. The molecule has 2 N–H and O–H groups in total. The smallest absolute Gasteiger partial charge is 0.320 e. The van der Waals surface area contributed by atoms with Crippen LogP contribution in [0.25, 0.3) is 0 Å². The number of aromatic nitrogens is 1. The minimum atomic E-state index is -0.840. The van der Waals surface area contributed by atoms with Gasteiger partial charge in [0.25, 0.3) is 0 Å². The molecule has 1 heterocycles. The molecule has 15 heavy (non-hydrogen) atoms. The Morgan fingerprint density at radius 2 is 2.40 bits per heavy atom. The van der Waals surface area contributed by atoms with E-state index in [9.17, 15) is 4.79 Å². The van der Waals surface area contributed by atoms with Crippen LogP contribution in [0, 0.1) is 0 Å². The Kier molecular flexibility index (Phi) is 4.52. The van der Waals surface area contributed by atoms with E-state index in [0.717, 1.165) is 5.56 Å². The van der Waals surface area contributed by atoms with Crippen LogP contribution in [-0.2, 0) is 11.2 Å². The molecule has 0 aliphatic carbocycles. The highest BCUT2D eigenvalue weighted by atomic mass is 35.5. The molecule has 0 aliphatic rings. The van der Waals surface area contributed by atoms with Crippen molar-refractivity contribution in [3.63, 3.8) is 0 Å². The van der Waals surface area contributed by atoms with E-state index in [1.54, 1.807) is 25.5 Å². The molecule has 0 saturated heterocycles. The van der Waals surface area contributed by atoms with Crippen molar-refractivity contribution in [2.75, 3.05) is 7.05 Å². The SMILES string of the molecule is CNC(CCc1cncc(Cl)c1)C(=O)O. The summed E-state index contributed by atoms with van der Waals surface area (Å²) in [6.07, 6.45) is 4.41. The number of carboxylic acid groups (broad SMARTS) is 1. The summed E-state index contributed by atoms with van der Waals surface area (Å²) in [5, 5.41) is 12.1. The monoisotopic (exact) mass is 228 g/mol. The minimum absolute atomic E-state index is 0.522. The van der Waals surface area contributed by atoms with Gasteiger partial charge in [0.1, 0.15) is 6.04 Å². The number of pyridine rings is 1. The van der Waals surface area contributed by atoms with Crippen molar-refractivity contribution < 1.29 is 9.90 Å². The number of carbonyl (C=O) groups is 1. The molecule has 0 bridgehead atoms. The zero-order chi connectivity index (χ0) is 11.3. The molecule has 0 aliphatic heterocycles. The Morgan fingerprint density at radius 1 is 1.67 bits per heavy atom. The predicted molar refractivity (Wildman–Crippen MR) is 58.1 cm³/mol. The highest BCUT2D eigenvalue weighted by Crippen LogP contribution is 2.11. The topological polar surface area (TPSA) is 62.2 Å². The van der Waals surface area contributed by atoms with Gasteiger partial charge in [-0.1, -0.05) is 11.6 Å². The van der Waals surface area contributed by atoms with Gasteiger partial charge in [-0.3, -0.25) is 9.78 Å². The lowest BCUT2D eigenvalue weighted by Crippen LogP contribution is -2.34. The Balaban J connectivity index is 2.52. The van der Waals surface area contributed by atoms with Gasteiger partial charge in [-0.25, -0.2) is 0 Å². The summed E-state index contributed by atoms with van der Waals surface area (Å²) in [5.74, 6) is -0.840. The molecule has 0 fully saturated rings. The zero-order valence-corrected chi connectivity index (χ0v) is 9.16. The van der Waals surface area contributed by atoms with Crippen LogP contribution in [0.4, 0.5) is 0 Å². The molecule has 0 spiro atoms. The van der Waals surface area contributed by atoms with Crippen molar-refractivity contribution in [3.05, 3.63) is 29.0 Å². The minimum Gasteiger partial charge on any atom is -0.480 e. The van der Waals surface area contributed by atoms with E-state index in [1.165, 1.54) is 0 Å². The molecule has 0 amide bonds. The van der Waals surface area contributed by atoms with Crippen molar-refractivity contribution in [2.45, 2.75) is 18.9 Å². The lowest BCUT2D eigenvalue weighted by Gasteiger charge is -2.10. The molecule has 0 aromatic carbocycles. The molecular weight excluding hydrogens is 216 g/mol. The Bertz CT molecular complexity index is 344. The molecule has 1 unspecified atom stereocenters. The lowest BCUT2D eigenvalue weighted by atomic mass is 10.1. The number of likely N-dealkylation sites (N-methyl/N-ethyl adjacent to an activating group) is 1. The molecule has 1 aromatic heterocycles. The summed E-state index contributed by atoms with van der Waals surface area (Å²) in [6.45, 7) is 0. The van der Waals surface area contributed by atoms with Crippen molar-refractivity contribution in [1.29, 1.82) is 0 Å². The second-order valence-corrected chi connectivity index (χ2v) is 3.67. The third-order valence-corrected chi connectivity index (χ3v) is 2.34. The third kappa shape index (κ3) is 3.85. The van der Waals surface area contributed by atoms with E-state index >= 15 is 0 Å². The first-order valence-electron chi connectivity index (χ1n) is 4.63. The molecule has 5 heteroatoms. The first-order chi connectivity index (χ1) is 7.13. The number of aryl methyl sites for hydroxylation is 1. The van der Waals surface area contributed by atoms with E-state index in [4.69, 9.17) is 16.7 Å². The van der Waals surface area contributed by atoms with Crippen LogP contribution in [0.5, 0.6) is 0 Å². The summed E-state index contributed by atoms with van der Waals surface area (Å²) >= 11 is 5.76. The predicted octanol–water partition coefficient (Wildman–Crippen LogP) is 1.34. The van der Waals surface area contributed by atoms with Crippen LogP contribution in [0.2, 0.25) is 5.02 Å². The highest BCUT2D eigenvalue weighted by molar-refractivity contribution is 6.30. The van der Waals surface area contributed by atoms with E-state index in [0.29, 0.717) is 17.9 Å². The second-order valence-electron chi connectivity index (χ2n) is 3.23. The van der Waals surface area contributed by atoms with E-state index in [1.807, 2.05) is 0 Å². The van der Waals surface area contributed by atoms with Crippen LogP contribution < -0.4 is 5.32 Å². The number of aliphatic carboxylic acids is 1. The Labute approximate surface area is 93.3 Å². The maximum absolute atomic E-state index is 10.7. The van der Waals surface area contributed by atoms with Crippen LogP contribution >= 0.6 is 11.6 Å². The Hall–Kier alpha value is -1.13. The van der Waals surface area contributed by atoms with E-state index < -0.39 is 12.0 Å².